The summed E-state index contributed by atoms with van der Waals surface area (Å²) in [6, 6.07) is 5.50. The third kappa shape index (κ3) is 3.53. The summed E-state index contributed by atoms with van der Waals surface area (Å²) in [4.78, 5) is 25.9. The molecule has 6 nitrogen and oxygen atoms in total. The topological polar surface area (TPSA) is 70.1 Å². The van der Waals surface area contributed by atoms with Crippen LogP contribution < -0.4 is 4.74 Å². The fourth-order valence-electron chi connectivity index (χ4n) is 2.24. The first-order chi connectivity index (χ1) is 10.0. The van der Waals surface area contributed by atoms with Crippen LogP contribution in [0.4, 0.5) is 4.79 Å². The first kappa shape index (κ1) is 14.9. The molecule has 1 aromatic rings. The minimum absolute atomic E-state index is 0.00782. The molecule has 112 valence electrons. The molecule has 6 heteroatoms. The third-order valence-electron chi connectivity index (χ3n) is 3.38. The Morgan fingerprint density at radius 3 is 2.76 bits per heavy atom. The van der Waals surface area contributed by atoms with E-state index in [0.29, 0.717) is 24.4 Å². The highest BCUT2D eigenvalue weighted by atomic mass is 16.5. The molecule has 0 aliphatic carbocycles. The van der Waals surface area contributed by atoms with Gasteiger partial charge in [0.2, 0.25) is 0 Å². The van der Waals surface area contributed by atoms with E-state index in [4.69, 9.17) is 9.84 Å². The van der Waals surface area contributed by atoms with E-state index in [0.717, 1.165) is 18.2 Å². The number of rotatable bonds is 5. The van der Waals surface area contributed by atoms with Crippen LogP contribution in [-0.2, 0) is 11.3 Å². The van der Waals surface area contributed by atoms with E-state index in [9.17, 15) is 9.59 Å². The number of carboxylic acid groups (broad SMARTS) is 1. The van der Waals surface area contributed by atoms with Gasteiger partial charge in [0.1, 0.15) is 5.75 Å². The van der Waals surface area contributed by atoms with Gasteiger partial charge < -0.3 is 19.6 Å². The van der Waals surface area contributed by atoms with Gasteiger partial charge in [-0.15, -0.1) is 0 Å². The molecule has 0 unspecified atom stereocenters. The molecule has 0 aromatic heterocycles. The van der Waals surface area contributed by atoms with Crippen molar-refractivity contribution in [3.63, 3.8) is 0 Å². The predicted molar refractivity (Wildman–Crippen MR) is 78.1 cm³/mol. The maximum Gasteiger partial charge on any atom is 0.328 e. The Morgan fingerprint density at radius 2 is 2.19 bits per heavy atom. The van der Waals surface area contributed by atoms with Crippen molar-refractivity contribution < 1.29 is 19.4 Å². The highest BCUT2D eigenvalue weighted by molar-refractivity contribution is 5.86. The molecule has 0 spiro atoms. The molecule has 2 rings (SSSR count). The Bertz CT molecular complexity index is 583. The molecule has 1 aromatic carbocycles. The number of hydrogen-bond donors (Lipinski definition) is 1. The molecule has 1 fully saturated rings. The fraction of sp³-hybridized carbons (Fsp3) is 0.333. The second-order valence-corrected chi connectivity index (χ2v) is 4.87. The lowest BCUT2D eigenvalue weighted by Gasteiger charge is -2.17. The Labute approximate surface area is 123 Å². The van der Waals surface area contributed by atoms with Crippen molar-refractivity contribution in [1.29, 1.82) is 0 Å². The molecule has 2 amide bonds. The number of carbonyl (C=O) groups excluding carboxylic acids is 1. The summed E-state index contributed by atoms with van der Waals surface area (Å²) < 4.78 is 5.21. The first-order valence-electron chi connectivity index (χ1n) is 6.59. The van der Waals surface area contributed by atoms with Gasteiger partial charge in [0.15, 0.2) is 0 Å². The molecule has 1 heterocycles. The second-order valence-electron chi connectivity index (χ2n) is 4.87. The first-order valence-corrected chi connectivity index (χ1v) is 6.59. The van der Waals surface area contributed by atoms with Crippen molar-refractivity contribution in [2.45, 2.75) is 6.54 Å². The second kappa shape index (κ2) is 6.30. The van der Waals surface area contributed by atoms with Crippen molar-refractivity contribution in [1.82, 2.24) is 9.80 Å². The normalized spacial score (nSPS) is 15.0. The number of ether oxygens (including phenoxy) is 1. The van der Waals surface area contributed by atoms with E-state index in [2.05, 4.69) is 0 Å². The number of urea groups is 1. The van der Waals surface area contributed by atoms with Gasteiger partial charge in [0, 0.05) is 38.3 Å². The van der Waals surface area contributed by atoms with Gasteiger partial charge in [0.05, 0.1) is 7.11 Å². The number of carbonyl (C=O) groups is 2. The molecular formula is C15H18N2O4. The van der Waals surface area contributed by atoms with Crippen LogP contribution in [0.2, 0.25) is 0 Å². The molecule has 0 radical (unpaired) electrons. The minimum Gasteiger partial charge on any atom is -0.496 e. The number of likely N-dealkylation sites (N-methyl/N-ethyl adjacent to an activating group) is 1. The van der Waals surface area contributed by atoms with Gasteiger partial charge in [-0.3, -0.25) is 0 Å². The highest BCUT2D eigenvalue weighted by Crippen LogP contribution is 2.23. The zero-order chi connectivity index (χ0) is 15.4. The lowest BCUT2D eigenvalue weighted by molar-refractivity contribution is -0.131. The van der Waals surface area contributed by atoms with E-state index >= 15 is 0 Å². The minimum atomic E-state index is -1.01. The van der Waals surface area contributed by atoms with E-state index in [1.54, 1.807) is 22.9 Å². The Balaban J connectivity index is 2.19. The van der Waals surface area contributed by atoms with Crippen LogP contribution in [0.1, 0.15) is 11.1 Å². The molecule has 0 saturated carbocycles. The van der Waals surface area contributed by atoms with E-state index in [1.807, 2.05) is 12.1 Å². The van der Waals surface area contributed by atoms with Crippen molar-refractivity contribution in [2.75, 3.05) is 27.2 Å². The molecular weight excluding hydrogens is 272 g/mol. The van der Waals surface area contributed by atoms with Gasteiger partial charge in [0.25, 0.3) is 0 Å². The van der Waals surface area contributed by atoms with E-state index < -0.39 is 5.97 Å². The summed E-state index contributed by atoms with van der Waals surface area (Å²) in [5, 5.41) is 8.72. The average molecular weight is 290 g/mol. The molecule has 21 heavy (non-hydrogen) atoms. The van der Waals surface area contributed by atoms with Crippen molar-refractivity contribution in [2.24, 2.45) is 0 Å². The third-order valence-corrected chi connectivity index (χ3v) is 3.38. The Hall–Kier alpha value is -2.50. The summed E-state index contributed by atoms with van der Waals surface area (Å²) in [6.45, 7) is 1.92. The van der Waals surface area contributed by atoms with Crippen molar-refractivity contribution >= 4 is 18.1 Å². The number of carboxylic acids is 1. The fourth-order valence-corrected chi connectivity index (χ4v) is 2.24. The number of hydrogen-bond acceptors (Lipinski definition) is 3. The molecule has 0 atom stereocenters. The highest BCUT2D eigenvalue weighted by Gasteiger charge is 2.25. The standard InChI is InChI=1S/C15H18N2O4/c1-16-7-8-17(15(16)20)10-11-3-5-13(21-2)12(9-11)4-6-14(18)19/h3-6,9H,7-8,10H2,1-2H3,(H,18,19). The van der Waals surface area contributed by atoms with Crippen LogP contribution >= 0.6 is 0 Å². The van der Waals surface area contributed by atoms with Gasteiger partial charge in [-0.05, 0) is 23.8 Å². The van der Waals surface area contributed by atoms with Crippen LogP contribution in [0.3, 0.4) is 0 Å². The lowest BCUT2D eigenvalue weighted by atomic mass is 10.1. The van der Waals surface area contributed by atoms with Crippen molar-refractivity contribution in [3.8, 4) is 5.75 Å². The van der Waals surface area contributed by atoms with Gasteiger partial charge in [-0.1, -0.05) is 6.07 Å². The summed E-state index contributed by atoms with van der Waals surface area (Å²) in [5.74, 6) is -0.417. The van der Waals surface area contributed by atoms with Gasteiger partial charge in [-0.2, -0.15) is 0 Å². The molecule has 0 bridgehead atoms. The number of methoxy groups -OCH3 is 1. The molecule has 1 saturated heterocycles. The maximum absolute atomic E-state index is 11.9. The van der Waals surface area contributed by atoms with Crippen LogP contribution in [-0.4, -0.2) is 54.2 Å². The van der Waals surface area contributed by atoms with Crippen molar-refractivity contribution in [3.05, 3.63) is 35.4 Å². The number of nitrogens with zero attached hydrogens (tertiary/aromatic N) is 2. The average Bonchev–Trinajstić information content (AvgIpc) is 2.77. The van der Waals surface area contributed by atoms with E-state index in [-0.39, 0.29) is 6.03 Å². The lowest BCUT2D eigenvalue weighted by Crippen LogP contribution is -2.28. The molecule has 1 N–H and O–H groups in total. The predicted octanol–water partition coefficient (Wildman–Crippen LogP) is 1.66. The van der Waals surface area contributed by atoms with E-state index in [1.165, 1.54) is 13.2 Å². The van der Waals surface area contributed by atoms with Gasteiger partial charge in [-0.25, -0.2) is 9.59 Å². The number of benzene rings is 1. The molecule has 1 aliphatic rings. The number of aliphatic carboxylic acids is 1. The zero-order valence-electron chi connectivity index (χ0n) is 12.1. The summed E-state index contributed by atoms with van der Waals surface area (Å²) in [6.07, 6.45) is 2.55. The Kier molecular flexibility index (Phi) is 4.47. The van der Waals surface area contributed by atoms with Crippen LogP contribution in [0.25, 0.3) is 6.08 Å². The Morgan fingerprint density at radius 1 is 1.43 bits per heavy atom. The zero-order valence-corrected chi connectivity index (χ0v) is 12.1. The van der Waals surface area contributed by atoms with Gasteiger partial charge >= 0.3 is 12.0 Å². The monoisotopic (exact) mass is 290 g/mol. The summed E-state index contributed by atoms with van der Waals surface area (Å²) >= 11 is 0. The summed E-state index contributed by atoms with van der Waals surface area (Å²) in [7, 11) is 3.31. The SMILES string of the molecule is COc1ccc(CN2CCN(C)C2=O)cc1C=CC(=O)O. The largest absolute Gasteiger partial charge is 0.496 e. The number of amides is 2. The molecule has 1 aliphatic heterocycles. The van der Waals surface area contributed by atoms with Crippen LogP contribution in [0, 0.1) is 0 Å². The summed E-state index contributed by atoms with van der Waals surface area (Å²) in [5.41, 5.74) is 1.61. The quantitative estimate of drug-likeness (QED) is 0.837. The van der Waals surface area contributed by atoms with Crippen LogP contribution in [0.15, 0.2) is 24.3 Å². The maximum atomic E-state index is 11.9. The smallest absolute Gasteiger partial charge is 0.328 e. The van der Waals surface area contributed by atoms with Crippen LogP contribution in [0.5, 0.6) is 5.75 Å².